The SMILES string of the molecule is N#Cc1ccc(CNC(=O)c2cc(NC(=O)O)ncn2)cc1. The largest absolute Gasteiger partial charge is 0.465 e. The molecule has 0 atom stereocenters. The molecule has 2 rings (SSSR count). The number of carbonyl (C=O) groups excluding carboxylic acids is 1. The van der Waals surface area contributed by atoms with E-state index in [1.807, 2.05) is 11.4 Å². The van der Waals surface area contributed by atoms with Crippen LogP contribution >= 0.6 is 0 Å². The van der Waals surface area contributed by atoms with Gasteiger partial charge in [-0.3, -0.25) is 10.1 Å². The quantitative estimate of drug-likeness (QED) is 0.781. The third-order valence-electron chi connectivity index (χ3n) is 2.67. The van der Waals surface area contributed by atoms with Gasteiger partial charge >= 0.3 is 6.09 Å². The van der Waals surface area contributed by atoms with Crippen molar-refractivity contribution < 1.29 is 14.7 Å². The van der Waals surface area contributed by atoms with Gasteiger partial charge in [-0.2, -0.15) is 5.26 Å². The van der Waals surface area contributed by atoms with E-state index in [1.165, 1.54) is 6.07 Å². The summed E-state index contributed by atoms with van der Waals surface area (Å²) in [5.74, 6) is -0.439. The van der Waals surface area contributed by atoms with Gasteiger partial charge in [0.25, 0.3) is 5.91 Å². The van der Waals surface area contributed by atoms with Crippen LogP contribution in [0.25, 0.3) is 0 Å². The summed E-state index contributed by atoms with van der Waals surface area (Å²) in [6.45, 7) is 0.260. The molecule has 0 saturated carbocycles. The molecule has 8 heteroatoms. The monoisotopic (exact) mass is 297 g/mol. The molecule has 0 aliphatic rings. The van der Waals surface area contributed by atoms with Crippen LogP contribution in [0.4, 0.5) is 10.6 Å². The minimum atomic E-state index is -1.28. The Bertz CT molecular complexity index is 737. The predicted molar refractivity (Wildman–Crippen MR) is 76.0 cm³/mol. The van der Waals surface area contributed by atoms with Gasteiger partial charge in [-0.25, -0.2) is 14.8 Å². The van der Waals surface area contributed by atoms with Gasteiger partial charge in [0.1, 0.15) is 17.8 Å². The Balaban J connectivity index is 1.99. The number of benzene rings is 1. The van der Waals surface area contributed by atoms with Crippen molar-refractivity contribution >= 4 is 17.8 Å². The van der Waals surface area contributed by atoms with Crippen molar-refractivity contribution in [1.29, 1.82) is 5.26 Å². The van der Waals surface area contributed by atoms with Crippen LogP contribution < -0.4 is 10.6 Å². The molecule has 2 aromatic rings. The summed E-state index contributed by atoms with van der Waals surface area (Å²) in [4.78, 5) is 29.9. The minimum Gasteiger partial charge on any atom is -0.465 e. The van der Waals surface area contributed by atoms with E-state index in [2.05, 4.69) is 15.3 Å². The van der Waals surface area contributed by atoms with Crippen LogP contribution in [-0.2, 0) is 6.54 Å². The number of carboxylic acid groups (broad SMARTS) is 1. The lowest BCUT2D eigenvalue weighted by Gasteiger charge is -2.06. The Hall–Kier alpha value is -3.47. The molecule has 0 aliphatic carbocycles. The van der Waals surface area contributed by atoms with Crippen molar-refractivity contribution in [3.05, 3.63) is 53.5 Å². The fourth-order valence-electron chi connectivity index (χ4n) is 1.63. The van der Waals surface area contributed by atoms with Crippen LogP contribution in [0.5, 0.6) is 0 Å². The van der Waals surface area contributed by atoms with Gasteiger partial charge < -0.3 is 10.4 Å². The second-order valence-electron chi connectivity index (χ2n) is 4.21. The maximum atomic E-state index is 12.0. The number of carbonyl (C=O) groups is 2. The first-order valence-electron chi connectivity index (χ1n) is 6.17. The molecule has 1 heterocycles. The lowest BCUT2D eigenvalue weighted by molar-refractivity contribution is 0.0945. The predicted octanol–water partition coefficient (Wildman–Crippen LogP) is 1.37. The van der Waals surface area contributed by atoms with E-state index < -0.39 is 12.0 Å². The van der Waals surface area contributed by atoms with Crippen molar-refractivity contribution in [2.45, 2.75) is 6.54 Å². The van der Waals surface area contributed by atoms with E-state index in [0.717, 1.165) is 11.9 Å². The highest BCUT2D eigenvalue weighted by Crippen LogP contribution is 2.06. The molecule has 0 unspecified atom stereocenters. The van der Waals surface area contributed by atoms with Crippen molar-refractivity contribution in [3.8, 4) is 6.07 Å². The number of amides is 2. The van der Waals surface area contributed by atoms with Gasteiger partial charge in [0.05, 0.1) is 11.6 Å². The summed E-state index contributed by atoms with van der Waals surface area (Å²) >= 11 is 0. The number of rotatable bonds is 4. The fourth-order valence-corrected chi connectivity index (χ4v) is 1.63. The van der Waals surface area contributed by atoms with Crippen molar-refractivity contribution in [2.24, 2.45) is 0 Å². The van der Waals surface area contributed by atoms with E-state index in [1.54, 1.807) is 24.3 Å². The number of aromatic nitrogens is 2. The summed E-state index contributed by atoms with van der Waals surface area (Å²) in [5.41, 5.74) is 1.41. The maximum Gasteiger partial charge on any atom is 0.410 e. The molecule has 1 aromatic carbocycles. The van der Waals surface area contributed by atoms with Crippen LogP contribution in [0, 0.1) is 11.3 Å². The van der Waals surface area contributed by atoms with Gasteiger partial charge in [0.2, 0.25) is 0 Å². The van der Waals surface area contributed by atoms with Gasteiger partial charge in [-0.1, -0.05) is 12.1 Å². The summed E-state index contributed by atoms with van der Waals surface area (Å²) in [7, 11) is 0. The highest BCUT2D eigenvalue weighted by atomic mass is 16.4. The lowest BCUT2D eigenvalue weighted by atomic mass is 10.1. The van der Waals surface area contributed by atoms with E-state index in [4.69, 9.17) is 10.4 Å². The van der Waals surface area contributed by atoms with Gasteiger partial charge in [0.15, 0.2) is 0 Å². The summed E-state index contributed by atoms with van der Waals surface area (Å²) in [6.07, 6.45) is -0.176. The average molecular weight is 297 g/mol. The number of anilines is 1. The van der Waals surface area contributed by atoms with E-state index >= 15 is 0 Å². The van der Waals surface area contributed by atoms with Crippen molar-refractivity contribution in [1.82, 2.24) is 15.3 Å². The van der Waals surface area contributed by atoms with E-state index in [-0.39, 0.29) is 18.1 Å². The Morgan fingerprint density at radius 1 is 1.23 bits per heavy atom. The highest BCUT2D eigenvalue weighted by Gasteiger charge is 2.09. The fraction of sp³-hybridized carbons (Fsp3) is 0.0714. The van der Waals surface area contributed by atoms with Crippen LogP contribution in [0.2, 0.25) is 0 Å². The smallest absolute Gasteiger partial charge is 0.410 e. The van der Waals surface area contributed by atoms with Gasteiger partial charge in [0, 0.05) is 12.6 Å². The first kappa shape index (κ1) is 14.9. The number of nitrogens with zero attached hydrogens (tertiary/aromatic N) is 3. The molecule has 0 bridgehead atoms. The Labute approximate surface area is 125 Å². The second kappa shape index (κ2) is 6.81. The van der Waals surface area contributed by atoms with E-state index in [9.17, 15) is 9.59 Å². The molecular weight excluding hydrogens is 286 g/mol. The molecule has 1 aromatic heterocycles. The van der Waals surface area contributed by atoms with E-state index in [0.29, 0.717) is 5.56 Å². The zero-order valence-electron chi connectivity index (χ0n) is 11.3. The van der Waals surface area contributed by atoms with Crippen molar-refractivity contribution in [2.75, 3.05) is 5.32 Å². The third kappa shape index (κ3) is 4.01. The van der Waals surface area contributed by atoms with Crippen molar-refractivity contribution in [3.63, 3.8) is 0 Å². The summed E-state index contributed by atoms with van der Waals surface area (Å²) in [6, 6.07) is 10.0. The molecule has 110 valence electrons. The van der Waals surface area contributed by atoms with Crippen LogP contribution in [0.1, 0.15) is 21.6 Å². The average Bonchev–Trinajstić information content (AvgIpc) is 2.52. The standard InChI is InChI=1S/C14H11N5O3/c15-6-9-1-3-10(4-2-9)7-16-13(20)11-5-12(18-8-17-11)19-14(21)22/h1-5,8H,7H2,(H,16,20)(H,21,22)(H,17,18,19). The lowest BCUT2D eigenvalue weighted by Crippen LogP contribution is -2.24. The number of nitriles is 1. The van der Waals surface area contributed by atoms with Crippen LogP contribution in [-0.4, -0.2) is 27.1 Å². The molecule has 22 heavy (non-hydrogen) atoms. The second-order valence-corrected chi connectivity index (χ2v) is 4.21. The first-order valence-corrected chi connectivity index (χ1v) is 6.17. The summed E-state index contributed by atoms with van der Waals surface area (Å²) in [5, 5.41) is 22.0. The molecule has 0 aliphatic heterocycles. The Morgan fingerprint density at radius 2 is 1.95 bits per heavy atom. The first-order chi connectivity index (χ1) is 10.6. The molecule has 0 radical (unpaired) electrons. The minimum absolute atomic E-state index is 0.0195. The van der Waals surface area contributed by atoms with Gasteiger partial charge in [-0.05, 0) is 17.7 Å². The zero-order valence-corrected chi connectivity index (χ0v) is 11.3. The Kier molecular flexibility index (Phi) is 4.62. The third-order valence-corrected chi connectivity index (χ3v) is 2.67. The molecular formula is C14H11N5O3. The number of hydrogen-bond donors (Lipinski definition) is 3. The number of hydrogen-bond acceptors (Lipinski definition) is 5. The molecule has 0 saturated heterocycles. The van der Waals surface area contributed by atoms with Gasteiger partial charge in [-0.15, -0.1) is 0 Å². The normalized spacial score (nSPS) is 9.59. The number of nitrogens with one attached hydrogen (secondary N) is 2. The molecule has 0 spiro atoms. The van der Waals surface area contributed by atoms with Crippen LogP contribution in [0.15, 0.2) is 36.7 Å². The topological polar surface area (TPSA) is 128 Å². The summed E-state index contributed by atoms with van der Waals surface area (Å²) < 4.78 is 0. The Morgan fingerprint density at radius 3 is 2.59 bits per heavy atom. The molecule has 2 amide bonds. The van der Waals surface area contributed by atoms with Crippen LogP contribution in [0.3, 0.4) is 0 Å². The molecule has 0 fully saturated rings. The molecule has 3 N–H and O–H groups in total. The molecule has 8 nitrogen and oxygen atoms in total. The highest BCUT2D eigenvalue weighted by molar-refractivity contribution is 5.93. The zero-order chi connectivity index (χ0) is 15.9. The maximum absolute atomic E-state index is 12.0.